The van der Waals surface area contributed by atoms with Crippen LogP contribution >= 0.6 is 0 Å². The Morgan fingerprint density at radius 3 is 2.58 bits per heavy atom. The number of methoxy groups -OCH3 is 1. The van der Waals surface area contributed by atoms with Crippen molar-refractivity contribution in [3.8, 4) is 0 Å². The fourth-order valence-electron chi connectivity index (χ4n) is 3.36. The van der Waals surface area contributed by atoms with Crippen LogP contribution in [0, 0.1) is 5.41 Å². The molecular weight excluding hydrogens is 326 g/mol. The third-order valence-electron chi connectivity index (χ3n) is 5.36. The summed E-state index contributed by atoms with van der Waals surface area (Å²) in [7, 11) is 3.60. The molecule has 0 amide bonds. The summed E-state index contributed by atoms with van der Waals surface area (Å²) in [6, 6.07) is 10.3. The molecule has 1 atom stereocenters. The van der Waals surface area contributed by atoms with Gasteiger partial charge in [0.2, 0.25) is 0 Å². The number of hydrogen-bond donors (Lipinski definition) is 2. The molecule has 0 aromatic heterocycles. The van der Waals surface area contributed by atoms with Crippen molar-refractivity contribution in [1.29, 1.82) is 0 Å². The van der Waals surface area contributed by atoms with Gasteiger partial charge >= 0.3 is 0 Å². The van der Waals surface area contributed by atoms with Crippen LogP contribution in [0.1, 0.15) is 50.7 Å². The summed E-state index contributed by atoms with van der Waals surface area (Å²) in [5.41, 5.74) is 1.61. The highest BCUT2D eigenvalue weighted by atomic mass is 16.5. The molecule has 0 heterocycles. The quantitative estimate of drug-likeness (QED) is 0.360. The van der Waals surface area contributed by atoms with Gasteiger partial charge in [-0.25, -0.2) is 0 Å². The van der Waals surface area contributed by atoms with Crippen molar-refractivity contribution in [2.75, 3.05) is 40.5 Å². The summed E-state index contributed by atoms with van der Waals surface area (Å²) in [5, 5.41) is 6.88. The van der Waals surface area contributed by atoms with Crippen LogP contribution in [0.2, 0.25) is 0 Å². The molecule has 26 heavy (non-hydrogen) atoms. The highest BCUT2D eigenvalue weighted by Gasteiger charge is 2.36. The minimum absolute atomic E-state index is 0.132. The van der Waals surface area contributed by atoms with Gasteiger partial charge in [0.25, 0.3) is 0 Å². The Morgan fingerprint density at radius 1 is 1.19 bits per heavy atom. The number of ether oxygens (including phenoxy) is 2. The van der Waals surface area contributed by atoms with E-state index in [1.807, 2.05) is 25.2 Å². The summed E-state index contributed by atoms with van der Waals surface area (Å²) >= 11 is 0. The Bertz CT molecular complexity index is 529. The van der Waals surface area contributed by atoms with Crippen LogP contribution in [0.25, 0.3) is 0 Å². The number of nitrogens with zero attached hydrogens (tertiary/aromatic N) is 1. The largest absolute Gasteiger partial charge is 0.385 e. The normalized spacial score (nSPS) is 17.4. The topological polar surface area (TPSA) is 54.9 Å². The number of hydrogen-bond acceptors (Lipinski definition) is 3. The summed E-state index contributed by atoms with van der Waals surface area (Å²) in [6.45, 7) is 5.49. The minimum Gasteiger partial charge on any atom is -0.385 e. The van der Waals surface area contributed by atoms with Gasteiger partial charge in [0, 0.05) is 40.5 Å². The predicted octanol–water partition coefficient (Wildman–Crippen LogP) is 3.53. The molecule has 2 rings (SSSR count). The van der Waals surface area contributed by atoms with Crippen LogP contribution in [0.15, 0.2) is 35.3 Å². The average Bonchev–Trinajstić information content (AvgIpc) is 2.65. The molecule has 2 N–H and O–H groups in total. The predicted molar refractivity (Wildman–Crippen MR) is 108 cm³/mol. The molecule has 1 aliphatic rings. The Labute approximate surface area is 158 Å². The van der Waals surface area contributed by atoms with Crippen LogP contribution < -0.4 is 10.6 Å². The number of benzene rings is 1. The van der Waals surface area contributed by atoms with Gasteiger partial charge in [0.1, 0.15) is 0 Å². The van der Waals surface area contributed by atoms with Crippen molar-refractivity contribution in [3.63, 3.8) is 0 Å². The van der Waals surface area contributed by atoms with E-state index in [0.29, 0.717) is 5.41 Å². The van der Waals surface area contributed by atoms with Gasteiger partial charge in [-0.3, -0.25) is 4.99 Å². The summed E-state index contributed by atoms with van der Waals surface area (Å²) in [5.74, 6) is 0.879. The van der Waals surface area contributed by atoms with Crippen molar-refractivity contribution in [3.05, 3.63) is 35.9 Å². The lowest BCUT2D eigenvalue weighted by Crippen LogP contribution is -2.47. The first kappa shape index (κ1) is 20.7. The maximum absolute atomic E-state index is 5.91. The van der Waals surface area contributed by atoms with E-state index >= 15 is 0 Å². The zero-order chi connectivity index (χ0) is 18.7. The molecule has 5 heteroatoms. The van der Waals surface area contributed by atoms with Crippen molar-refractivity contribution in [1.82, 2.24) is 10.6 Å². The van der Waals surface area contributed by atoms with Crippen LogP contribution in [0.5, 0.6) is 0 Å². The zero-order valence-corrected chi connectivity index (χ0v) is 16.6. The molecule has 1 aliphatic carbocycles. The number of rotatable bonds is 11. The molecule has 1 fully saturated rings. The lowest BCUT2D eigenvalue weighted by atomic mass is 9.67. The molecule has 1 unspecified atom stereocenters. The molecule has 0 bridgehead atoms. The maximum Gasteiger partial charge on any atom is 0.190 e. The highest BCUT2D eigenvalue weighted by Crippen LogP contribution is 2.43. The van der Waals surface area contributed by atoms with E-state index in [-0.39, 0.29) is 6.10 Å². The van der Waals surface area contributed by atoms with Gasteiger partial charge in [-0.2, -0.15) is 0 Å². The molecule has 0 aliphatic heterocycles. The molecule has 146 valence electrons. The Hall–Kier alpha value is -1.59. The van der Waals surface area contributed by atoms with Crippen molar-refractivity contribution in [2.24, 2.45) is 10.4 Å². The first-order valence-electron chi connectivity index (χ1n) is 9.79. The average molecular weight is 362 g/mol. The van der Waals surface area contributed by atoms with Crippen LogP contribution in [0.4, 0.5) is 0 Å². The molecule has 5 nitrogen and oxygen atoms in total. The number of aliphatic imine (C=N–C) groups is 1. The lowest BCUT2D eigenvalue weighted by Gasteiger charge is -2.42. The summed E-state index contributed by atoms with van der Waals surface area (Å²) < 4.78 is 11.2. The molecule has 0 saturated heterocycles. The second-order valence-electron chi connectivity index (χ2n) is 7.23. The second-order valence-corrected chi connectivity index (χ2v) is 7.23. The molecule has 0 spiro atoms. The first-order chi connectivity index (χ1) is 12.7. The highest BCUT2D eigenvalue weighted by molar-refractivity contribution is 5.79. The summed E-state index contributed by atoms with van der Waals surface area (Å²) in [6.07, 6.45) is 6.10. The van der Waals surface area contributed by atoms with Crippen molar-refractivity contribution >= 4 is 5.96 Å². The molecule has 1 aromatic rings. The van der Waals surface area contributed by atoms with Crippen LogP contribution in [-0.2, 0) is 9.47 Å². The molecule has 1 aromatic carbocycles. The van der Waals surface area contributed by atoms with Crippen molar-refractivity contribution < 1.29 is 9.47 Å². The van der Waals surface area contributed by atoms with Crippen LogP contribution in [-0.4, -0.2) is 46.4 Å². The van der Waals surface area contributed by atoms with E-state index in [4.69, 9.17) is 9.47 Å². The standard InChI is InChI=1S/C21H35N3O2/c1-18(19-9-5-4-6-10-19)26-15-8-14-23-20(22-2)24-17-21(11-7-12-21)13-16-25-3/h4-6,9-10,18H,7-8,11-17H2,1-3H3,(H2,22,23,24). The smallest absolute Gasteiger partial charge is 0.190 e. The van der Waals surface area contributed by atoms with E-state index in [1.54, 1.807) is 7.11 Å². The van der Waals surface area contributed by atoms with Gasteiger partial charge in [-0.05, 0) is 43.6 Å². The zero-order valence-electron chi connectivity index (χ0n) is 16.6. The van der Waals surface area contributed by atoms with Crippen molar-refractivity contribution in [2.45, 2.75) is 45.1 Å². The van der Waals surface area contributed by atoms with E-state index in [2.05, 4.69) is 34.7 Å². The lowest BCUT2D eigenvalue weighted by molar-refractivity contribution is 0.0644. The van der Waals surface area contributed by atoms with Gasteiger partial charge in [-0.15, -0.1) is 0 Å². The number of guanidine groups is 1. The van der Waals surface area contributed by atoms with Gasteiger partial charge in [0.05, 0.1) is 6.10 Å². The second kappa shape index (κ2) is 11.2. The molecular formula is C21H35N3O2. The molecule has 1 saturated carbocycles. The fraction of sp³-hybridized carbons (Fsp3) is 0.667. The van der Waals surface area contributed by atoms with Crippen LogP contribution in [0.3, 0.4) is 0 Å². The summed E-state index contributed by atoms with van der Waals surface area (Å²) in [4.78, 5) is 4.33. The third-order valence-corrected chi connectivity index (χ3v) is 5.36. The SMILES string of the molecule is CN=C(NCCCOC(C)c1ccccc1)NCC1(CCOC)CCC1. The van der Waals surface area contributed by atoms with Gasteiger partial charge < -0.3 is 20.1 Å². The van der Waals surface area contributed by atoms with E-state index < -0.39 is 0 Å². The number of nitrogens with one attached hydrogen (secondary N) is 2. The minimum atomic E-state index is 0.132. The Kier molecular flexibility index (Phi) is 8.92. The van der Waals surface area contributed by atoms with Gasteiger partial charge in [-0.1, -0.05) is 36.8 Å². The fourth-order valence-corrected chi connectivity index (χ4v) is 3.36. The van der Waals surface area contributed by atoms with E-state index in [0.717, 1.165) is 45.1 Å². The van der Waals surface area contributed by atoms with E-state index in [1.165, 1.54) is 24.8 Å². The van der Waals surface area contributed by atoms with Gasteiger partial charge in [0.15, 0.2) is 5.96 Å². The first-order valence-corrected chi connectivity index (χ1v) is 9.79. The monoisotopic (exact) mass is 361 g/mol. The Balaban J connectivity index is 1.60. The molecule has 0 radical (unpaired) electrons. The Morgan fingerprint density at radius 2 is 1.96 bits per heavy atom. The van der Waals surface area contributed by atoms with E-state index in [9.17, 15) is 0 Å². The third kappa shape index (κ3) is 6.61. The maximum atomic E-state index is 5.91.